The molecule has 4 heteroatoms. The number of amides is 1. The van der Waals surface area contributed by atoms with Gasteiger partial charge in [0, 0.05) is 5.69 Å². The predicted molar refractivity (Wildman–Crippen MR) is 104 cm³/mol. The zero-order chi connectivity index (χ0) is 18.5. The zero-order valence-corrected chi connectivity index (χ0v) is 14.6. The van der Waals surface area contributed by atoms with Gasteiger partial charge in [-0.2, -0.15) is 5.26 Å². The van der Waals surface area contributed by atoms with Crippen LogP contribution < -0.4 is 10.1 Å². The maximum atomic E-state index is 12.4. The number of fused-ring (bicyclic) bond motifs is 1. The summed E-state index contributed by atoms with van der Waals surface area (Å²) in [5.74, 6) is 0.363. The first-order chi connectivity index (χ1) is 12.6. The van der Waals surface area contributed by atoms with E-state index in [9.17, 15) is 10.1 Å². The number of hydrogen-bond donors (Lipinski definition) is 1. The van der Waals surface area contributed by atoms with Crippen molar-refractivity contribution >= 4 is 28.4 Å². The summed E-state index contributed by atoms with van der Waals surface area (Å²) in [7, 11) is 1.63. The van der Waals surface area contributed by atoms with Crippen LogP contribution in [0.3, 0.4) is 0 Å². The maximum Gasteiger partial charge on any atom is 0.266 e. The van der Waals surface area contributed by atoms with Crippen molar-refractivity contribution in [2.75, 3.05) is 12.4 Å². The summed E-state index contributed by atoms with van der Waals surface area (Å²) < 4.78 is 5.22. The Morgan fingerprint density at radius 2 is 1.73 bits per heavy atom. The molecular formula is C22H18N2O2. The van der Waals surface area contributed by atoms with Gasteiger partial charge in [-0.05, 0) is 59.7 Å². The molecule has 0 unspecified atom stereocenters. The summed E-state index contributed by atoms with van der Waals surface area (Å²) in [4.78, 5) is 12.4. The first-order valence-electron chi connectivity index (χ1n) is 8.16. The zero-order valence-electron chi connectivity index (χ0n) is 14.6. The molecule has 0 spiro atoms. The lowest BCUT2D eigenvalue weighted by atomic mass is 10.0. The molecule has 0 saturated heterocycles. The third kappa shape index (κ3) is 3.90. The van der Waals surface area contributed by atoms with Gasteiger partial charge in [0.15, 0.2) is 0 Å². The average molecular weight is 342 g/mol. The molecule has 0 aliphatic carbocycles. The molecule has 128 valence electrons. The number of nitrogens with zero attached hydrogens (tertiary/aromatic N) is 1. The van der Waals surface area contributed by atoms with Crippen molar-refractivity contribution < 1.29 is 9.53 Å². The van der Waals surface area contributed by atoms with E-state index in [1.165, 1.54) is 0 Å². The van der Waals surface area contributed by atoms with Crippen molar-refractivity contribution in [1.29, 1.82) is 5.26 Å². The minimum absolute atomic E-state index is 0.0541. The number of nitrogens with one attached hydrogen (secondary N) is 1. The van der Waals surface area contributed by atoms with Gasteiger partial charge in [-0.1, -0.05) is 35.9 Å². The second-order valence-corrected chi connectivity index (χ2v) is 5.96. The first-order valence-corrected chi connectivity index (χ1v) is 8.16. The lowest BCUT2D eigenvalue weighted by Crippen LogP contribution is -2.13. The monoisotopic (exact) mass is 342 g/mol. The summed E-state index contributed by atoms with van der Waals surface area (Å²) in [6.07, 6.45) is 1.59. The van der Waals surface area contributed by atoms with E-state index in [2.05, 4.69) is 5.32 Å². The van der Waals surface area contributed by atoms with Crippen LogP contribution in [0.5, 0.6) is 5.75 Å². The molecule has 3 rings (SSSR count). The summed E-state index contributed by atoms with van der Waals surface area (Å²) in [6, 6.07) is 20.9. The number of ether oxygens (including phenoxy) is 1. The average Bonchev–Trinajstić information content (AvgIpc) is 2.67. The SMILES string of the molecule is COc1ccc2cc(/C=C(\C#N)C(=O)Nc3ccc(C)cc3)ccc2c1. The second kappa shape index (κ2) is 7.54. The van der Waals surface area contributed by atoms with Gasteiger partial charge in [-0.25, -0.2) is 0 Å². The van der Waals surface area contributed by atoms with E-state index in [0.29, 0.717) is 5.69 Å². The van der Waals surface area contributed by atoms with Gasteiger partial charge in [0.05, 0.1) is 7.11 Å². The highest BCUT2D eigenvalue weighted by Crippen LogP contribution is 2.23. The van der Waals surface area contributed by atoms with E-state index in [4.69, 9.17) is 4.74 Å². The molecule has 0 atom stereocenters. The summed E-state index contributed by atoms with van der Waals surface area (Å²) in [5, 5.41) is 14.2. The van der Waals surface area contributed by atoms with E-state index >= 15 is 0 Å². The Labute approximate surface area is 152 Å². The van der Waals surface area contributed by atoms with Gasteiger partial charge in [-0.15, -0.1) is 0 Å². The van der Waals surface area contributed by atoms with Crippen molar-refractivity contribution in [2.24, 2.45) is 0 Å². The molecule has 0 saturated carbocycles. The molecule has 4 nitrogen and oxygen atoms in total. The first kappa shape index (κ1) is 17.2. The number of methoxy groups -OCH3 is 1. The summed E-state index contributed by atoms with van der Waals surface area (Å²) >= 11 is 0. The van der Waals surface area contributed by atoms with Crippen LogP contribution in [0.4, 0.5) is 5.69 Å². The Hall–Kier alpha value is -3.58. The number of benzene rings is 3. The van der Waals surface area contributed by atoms with E-state index < -0.39 is 5.91 Å². The lowest BCUT2D eigenvalue weighted by molar-refractivity contribution is -0.112. The number of carbonyl (C=O) groups excluding carboxylic acids is 1. The Bertz CT molecular complexity index is 1030. The second-order valence-electron chi connectivity index (χ2n) is 5.96. The Morgan fingerprint density at radius 3 is 2.42 bits per heavy atom. The van der Waals surface area contributed by atoms with Crippen molar-refractivity contribution in [2.45, 2.75) is 6.92 Å². The molecule has 0 fully saturated rings. The fourth-order valence-electron chi connectivity index (χ4n) is 2.61. The number of aryl methyl sites for hydroxylation is 1. The highest BCUT2D eigenvalue weighted by Gasteiger charge is 2.09. The predicted octanol–water partition coefficient (Wildman–Crippen LogP) is 4.70. The van der Waals surface area contributed by atoms with Crippen LogP contribution in [0.15, 0.2) is 66.2 Å². The smallest absolute Gasteiger partial charge is 0.266 e. The fourth-order valence-corrected chi connectivity index (χ4v) is 2.61. The summed E-state index contributed by atoms with van der Waals surface area (Å²) in [6.45, 7) is 1.97. The van der Waals surface area contributed by atoms with E-state index in [0.717, 1.165) is 27.6 Å². The van der Waals surface area contributed by atoms with Gasteiger partial charge < -0.3 is 10.1 Å². The van der Waals surface area contributed by atoms with Crippen LogP contribution in [0.1, 0.15) is 11.1 Å². The van der Waals surface area contributed by atoms with Gasteiger partial charge in [0.1, 0.15) is 17.4 Å². The molecule has 1 amide bonds. The third-order valence-electron chi connectivity index (χ3n) is 4.06. The third-order valence-corrected chi connectivity index (χ3v) is 4.06. The Kier molecular flexibility index (Phi) is 5.00. The minimum atomic E-state index is -0.425. The number of nitriles is 1. The standard InChI is InChI=1S/C22H18N2O2/c1-15-3-8-20(9-4-15)24-22(25)19(14-23)12-16-5-6-18-13-21(26-2)10-7-17(18)11-16/h3-13H,1-2H3,(H,24,25)/b19-12+. The largest absolute Gasteiger partial charge is 0.497 e. The molecule has 0 aromatic heterocycles. The van der Waals surface area contributed by atoms with Crippen LogP contribution in [0.2, 0.25) is 0 Å². The van der Waals surface area contributed by atoms with Gasteiger partial charge >= 0.3 is 0 Å². The van der Waals surface area contributed by atoms with Crippen molar-refractivity contribution in [3.8, 4) is 11.8 Å². The van der Waals surface area contributed by atoms with Crippen molar-refractivity contribution in [3.63, 3.8) is 0 Å². The number of hydrogen-bond acceptors (Lipinski definition) is 3. The molecule has 3 aromatic carbocycles. The quantitative estimate of drug-likeness (QED) is 0.552. The van der Waals surface area contributed by atoms with E-state index in [1.54, 1.807) is 13.2 Å². The molecule has 1 N–H and O–H groups in total. The molecule has 0 radical (unpaired) electrons. The normalized spacial score (nSPS) is 11.0. The van der Waals surface area contributed by atoms with Crippen LogP contribution in [0, 0.1) is 18.3 Å². The molecule has 0 aliphatic heterocycles. The number of rotatable bonds is 4. The van der Waals surface area contributed by atoms with Gasteiger partial charge in [0.25, 0.3) is 5.91 Å². The highest BCUT2D eigenvalue weighted by atomic mass is 16.5. The number of carbonyl (C=O) groups is 1. The fraction of sp³-hybridized carbons (Fsp3) is 0.0909. The van der Waals surface area contributed by atoms with Crippen LogP contribution in [0.25, 0.3) is 16.8 Å². The molecule has 3 aromatic rings. The van der Waals surface area contributed by atoms with Gasteiger partial charge in [-0.3, -0.25) is 4.79 Å². The van der Waals surface area contributed by atoms with Gasteiger partial charge in [0.2, 0.25) is 0 Å². The maximum absolute atomic E-state index is 12.4. The molecule has 0 aliphatic rings. The topological polar surface area (TPSA) is 62.1 Å². The minimum Gasteiger partial charge on any atom is -0.497 e. The molecule has 0 heterocycles. The van der Waals surface area contributed by atoms with E-state index in [-0.39, 0.29) is 5.57 Å². The Balaban J connectivity index is 1.85. The van der Waals surface area contributed by atoms with E-state index in [1.807, 2.05) is 73.7 Å². The van der Waals surface area contributed by atoms with Crippen molar-refractivity contribution in [3.05, 3.63) is 77.4 Å². The molecular weight excluding hydrogens is 324 g/mol. The van der Waals surface area contributed by atoms with Crippen LogP contribution in [-0.4, -0.2) is 13.0 Å². The van der Waals surface area contributed by atoms with Crippen LogP contribution in [-0.2, 0) is 4.79 Å². The molecule has 0 bridgehead atoms. The molecule has 26 heavy (non-hydrogen) atoms. The number of anilines is 1. The summed E-state index contributed by atoms with van der Waals surface area (Å²) in [5.41, 5.74) is 2.61. The highest BCUT2D eigenvalue weighted by molar-refractivity contribution is 6.09. The Morgan fingerprint density at radius 1 is 1.04 bits per heavy atom. The van der Waals surface area contributed by atoms with Crippen molar-refractivity contribution in [1.82, 2.24) is 0 Å². The van der Waals surface area contributed by atoms with Crippen LogP contribution >= 0.6 is 0 Å². The lowest BCUT2D eigenvalue weighted by Gasteiger charge is -2.06.